The van der Waals surface area contributed by atoms with Gasteiger partial charge in [0.15, 0.2) is 6.29 Å². The Morgan fingerprint density at radius 2 is 2.18 bits per heavy atom. The van der Waals surface area contributed by atoms with Crippen molar-refractivity contribution in [2.24, 2.45) is 5.73 Å². The molecule has 1 aromatic rings. The lowest BCUT2D eigenvalue weighted by Crippen LogP contribution is -2.39. The second kappa shape index (κ2) is 7.11. The van der Waals surface area contributed by atoms with Gasteiger partial charge in [-0.25, -0.2) is 0 Å². The van der Waals surface area contributed by atoms with Crippen LogP contribution in [0.15, 0.2) is 29.2 Å². The molecule has 0 saturated carbocycles. The number of aryl methyl sites for hydroxylation is 1. The maximum atomic E-state index is 12.0. The van der Waals surface area contributed by atoms with Gasteiger partial charge in [0.2, 0.25) is 5.78 Å². The Morgan fingerprint density at radius 1 is 1.45 bits per heavy atom. The molecule has 1 aliphatic heterocycles. The Morgan fingerprint density at radius 3 is 2.77 bits per heavy atom. The van der Waals surface area contributed by atoms with Crippen molar-refractivity contribution in [1.29, 1.82) is 0 Å². The SMILES string of the molecule is CCC1(CCN)CSC(C(=O)C=O)=C(c2ccccc2C)O1. The summed E-state index contributed by atoms with van der Waals surface area (Å²) in [6.45, 7) is 4.54. The fourth-order valence-corrected chi connectivity index (χ4v) is 3.83. The monoisotopic (exact) mass is 319 g/mol. The number of allylic oxidation sites excluding steroid dienone is 1. The predicted molar refractivity (Wildman–Crippen MR) is 89.4 cm³/mol. The van der Waals surface area contributed by atoms with Crippen LogP contribution >= 0.6 is 11.8 Å². The maximum absolute atomic E-state index is 12.0. The molecule has 0 radical (unpaired) electrons. The second-order valence-electron chi connectivity index (χ2n) is 5.42. The van der Waals surface area contributed by atoms with Gasteiger partial charge in [-0.15, -0.1) is 11.8 Å². The predicted octanol–water partition coefficient (Wildman–Crippen LogP) is 2.69. The molecule has 1 heterocycles. The van der Waals surface area contributed by atoms with Gasteiger partial charge in [-0.2, -0.15) is 0 Å². The van der Waals surface area contributed by atoms with E-state index in [0.29, 0.717) is 35.7 Å². The van der Waals surface area contributed by atoms with Crippen molar-refractivity contribution >= 4 is 29.6 Å². The first-order valence-corrected chi connectivity index (χ1v) is 8.37. The molecule has 22 heavy (non-hydrogen) atoms. The molecule has 118 valence electrons. The minimum absolute atomic E-state index is 0.353. The summed E-state index contributed by atoms with van der Waals surface area (Å²) in [6.07, 6.45) is 1.87. The van der Waals surface area contributed by atoms with Gasteiger partial charge in [0.05, 0.1) is 0 Å². The van der Waals surface area contributed by atoms with Gasteiger partial charge in [-0.05, 0) is 25.5 Å². The number of ether oxygens (including phenoxy) is 1. The molecule has 2 N–H and O–H groups in total. The van der Waals surface area contributed by atoms with E-state index in [0.717, 1.165) is 17.5 Å². The first kappa shape index (κ1) is 16.8. The number of rotatable bonds is 6. The van der Waals surface area contributed by atoms with Crippen LogP contribution in [-0.4, -0.2) is 30.0 Å². The summed E-state index contributed by atoms with van der Waals surface area (Å²) in [5.41, 5.74) is 7.21. The quantitative estimate of drug-likeness (QED) is 0.645. The molecule has 0 aliphatic carbocycles. The van der Waals surface area contributed by atoms with E-state index in [-0.39, 0.29) is 5.60 Å². The molecule has 1 aromatic carbocycles. The van der Waals surface area contributed by atoms with Crippen LogP contribution in [0.1, 0.15) is 30.9 Å². The average molecular weight is 319 g/mol. The molecule has 0 fully saturated rings. The lowest BCUT2D eigenvalue weighted by molar-refractivity contribution is -0.127. The van der Waals surface area contributed by atoms with Crippen LogP contribution in [0.4, 0.5) is 0 Å². The number of hydrogen-bond donors (Lipinski definition) is 1. The summed E-state index contributed by atoms with van der Waals surface area (Å²) in [6, 6.07) is 7.71. The highest BCUT2D eigenvalue weighted by molar-refractivity contribution is 8.04. The van der Waals surface area contributed by atoms with Gasteiger partial charge in [0.1, 0.15) is 16.3 Å². The normalized spacial score (nSPS) is 21.4. The summed E-state index contributed by atoms with van der Waals surface area (Å²) >= 11 is 1.40. The summed E-state index contributed by atoms with van der Waals surface area (Å²) in [5.74, 6) is 0.618. The zero-order valence-corrected chi connectivity index (χ0v) is 13.7. The third-order valence-corrected chi connectivity index (χ3v) is 5.31. The second-order valence-corrected chi connectivity index (χ2v) is 6.41. The van der Waals surface area contributed by atoms with Crippen LogP contribution in [0.5, 0.6) is 0 Å². The topological polar surface area (TPSA) is 69.4 Å². The molecule has 0 amide bonds. The zero-order chi connectivity index (χ0) is 16.2. The Kier molecular flexibility index (Phi) is 5.42. The molecule has 4 nitrogen and oxygen atoms in total. The molecular weight excluding hydrogens is 298 g/mol. The molecule has 5 heteroatoms. The van der Waals surface area contributed by atoms with Gasteiger partial charge in [-0.3, -0.25) is 9.59 Å². The largest absolute Gasteiger partial charge is 0.484 e. The molecule has 0 spiro atoms. The summed E-state index contributed by atoms with van der Waals surface area (Å²) in [4.78, 5) is 23.3. The molecule has 1 aliphatic rings. The number of ketones is 1. The fraction of sp³-hybridized carbons (Fsp3) is 0.412. The molecule has 2 rings (SSSR count). The van der Waals surface area contributed by atoms with Crippen LogP contribution in [-0.2, 0) is 14.3 Å². The van der Waals surface area contributed by atoms with Crippen molar-refractivity contribution in [3.05, 3.63) is 40.3 Å². The Hall–Kier alpha value is -1.59. The third-order valence-electron chi connectivity index (χ3n) is 3.97. The molecule has 0 saturated heterocycles. The van der Waals surface area contributed by atoms with Crippen LogP contribution in [0, 0.1) is 6.92 Å². The van der Waals surface area contributed by atoms with E-state index in [1.165, 1.54) is 11.8 Å². The minimum atomic E-state index is -0.527. The van der Waals surface area contributed by atoms with E-state index in [4.69, 9.17) is 10.5 Å². The first-order valence-electron chi connectivity index (χ1n) is 7.38. The van der Waals surface area contributed by atoms with Crippen molar-refractivity contribution in [1.82, 2.24) is 0 Å². The number of carbonyl (C=O) groups excluding carboxylic acids is 2. The highest BCUT2D eigenvalue weighted by Crippen LogP contribution is 2.43. The lowest BCUT2D eigenvalue weighted by Gasteiger charge is -2.38. The van der Waals surface area contributed by atoms with Gasteiger partial charge in [-0.1, -0.05) is 31.2 Å². The van der Waals surface area contributed by atoms with Gasteiger partial charge < -0.3 is 10.5 Å². The fourth-order valence-electron chi connectivity index (χ4n) is 2.54. The number of thioether (sulfide) groups is 1. The standard InChI is InChI=1S/C17H21NO3S/c1-3-17(8-9-18)11-22-16(14(20)10-19)15(21-17)13-7-5-4-6-12(13)2/h4-7,10H,3,8-9,11,18H2,1-2H3. The molecule has 0 bridgehead atoms. The van der Waals surface area contributed by atoms with E-state index in [1.807, 2.05) is 31.2 Å². The number of carbonyl (C=O) groups is 2. The number of nitrogens with two attached hydrogens (primary N) is 1. The third kappa shape index (κ3) is 3.25. The molecule has 1 atom stereocenters. The number of aldehydes is 1. The van der Waals surface area contributed by atoms with Crippen LogP contribution < -0.4 is 5.73 Å². The molecule has 1 unspecified atom stereocenters. The zero-order valence-electron chi connectivity index (χ0n) is 12.9. The summed E-state index contributed by atoms with van der Waals surface area (Å²) in [5, 5.41) is 0. The highest BCUT2D eigenvalue weighted by Gasteiger charge is 2.38. The molecular formula is C17H21NO3S. The van der Waals surface area contributed by atoms with Crippen molar-refractivity contribution in [3.63, 3.8) is 0 Å². The van der Waals surface area contributed by atoms with Crippen LogP contribution in [0.25, 0.3) is 5.76 Å². The summed E-state index contributed by atoms with van der Waals surface area (Å²) < 4.78 is 6.27. The van der Waals surface area contributed by atoms with Gasteiger partial charge >= 0.3 is 0 Å². The van der Waals surface area contributed by atoms with Crippen molar-refractivity contribution in [3.8, 4) is 0 Å². The average Bonchev–Trinajstić information content (AvgIpc) is 2.55. The number of Topliss-reactive ketones (excluding diaryl/α,β-unsaturated/α-hetero) is 1. The highest BCUT2D eigenvalue weighted by atomic mass is 32.2. The Bertz CT molecular complexity index is 612. The molecule has 0 aromatic heterocycles. The minimum Gasteiger partial charge on any atom is -0.484 e. The summed E-state index contributed by atoms with van der Waals surface area (Å²) in [7, 11) is 0. The van der Waals surface area contributed by atoms with Crippen molar-refractivity contribution in [2.75, 3.05) is 12.3 Å². The van der Waals surface area contributed by atoms with Crippen molar-refractivity contribution in [2.45, 2.75) is 32.3 Å². The van der Waals surface area contributed by atoms with Crippen molar-refractivity contribution < 1.29 is 14.3 Å². The maximum Gasteiger partial charge on any atom is 0.235 e. The van der Waals surface area contributed by atoms with Gasteiger partial charge in [0, 0.05) is 17.7 Å². The van der Waals surface area contributed by atoms with E-state index < -0.39 is 5.78 Å². The first-order chi connectivity index (χ1) is 10.6. The Balaban J connectivity index is 2.53. The smallest absolute Gasteiger partial charge is 0.235 e. The van der Waals surface area contributed by atoms with Crippen LogP contribution in [0.3, 0.4) is 0 Å². The number of hydrogen-bond acceptors (Lipinski definition) is 5. The van der Waals surface area contributed by atoms with E-state index in [2.05, 4.69) is 6.92 Å². The van der Waals surface area contributed by atoms with E-state index in [9.17, 15) is 9.59 Å². The van der Waals surface area contributed by atoms with Crippen LogP contribution in [0.2, 0.25) is 0 Å². The van der Waals surface area contributed by atoms with E-state index in [1.54, 1.807) is 0 Å². The van der Waals surface area contributed by atoms with Gasteiger partial charge in [0.25, 0.3) is 0 Å². The van der Waals surface area contributed by atoms with E-state index >= 15 is 0 Å². The lowest BCUT2D eigenvalue weighted by atomic mass is 9.97. The number of benzene rings is 1. The Labute approximate surface area is 135 Å².